The van der Waals surface area contributed by atoms with Gasteiger partial charge in [-0.3, -0.25) is 9.69 Å². The Morgan fingerprint density at radius 2 is 2.32 bits per heavy atom. The third-order valence-corrected chi connectivity index (χ3v) is 4.15. The molecule has 0 radical (unpaired) electrons. The lowest BCUT2D eigenvalue weighted by Crippen LogP contribution is -2.40. The largest absolute Gasteiger partial charge is 0.350 e. The number of nitrogens with zero attached hydrogens (tertiary/aromatic N) is 1. The summed E-state index contributed by atoms with van der Waals surface area (Å²) in [4.78, 5) is 15.5. The fourth-order valence-electron chi connectivity index (χ4n) is 2.70. The molecule has 1 aromatic rings. The molecule has 1 saturated heterocycles. The summed E-state index contributed by atoms with van der Waals surface area (Å²) < 4.78 is 0. The van der Waals surface area contributed by atoms with E-state index < -0.39 is 0 Å². The summed E-state index contributed by atoms with van der Waals surface area (Å²) in [5.41, 5.74) is 1.72. The second-order valence-electron chi connectivity index (χ2n) is 5.13. The molecular weight excluding hydrogens is 256 g/mol. The highest BCUT2D eigenvalue weighted by Crippen LogP contribution is 2.17. The van der Waals surface area contributed by atoms with Crippen molar-refractivity contribution in [3.8, 4) is 0 Å². The molecule has 1 aliphatic rings. The predicted molar refractivity (Wildman–Crippen MR) is 81.0 cm³/mol. The normalized spacial score (nSPS) is 19.6. The summed E-state index contributed by atoms with van der Waals surface area (Å²) in [5, 5.41) is 3.06. The fourth-order valence-corrected chi connectivity index (χ4v) is 2.91. The zero-order valence-electron chi connectivity index (χ0n) is 11.6. The topological polar surface area (TPSA) is 32.3 Å². The summed E-state index contributed by atoms with van der Waals surface area (Å²) in [5.74, 6) is 0.0105. The molecule has 0 saturated carbocycles. The van der Waals surface area contributed by atoms with E-state index in [9.17, 15) is 4.79 Å². The van der Waals surface area contributed by atoms with E-state index >= 15 is 0 Å². The molecule has 1 atom stereocenters. The number of rotatable bonds is 4. The van der Waals surface area contributed by atoms with Crippen LogP contribution in [-0.2, 0) is 0 Å². The Bertz CT molecular complexity index is 461. The number of hydrogen-bond donors (Lipinski definition) is 2. The van der Waals surface area contributed by atoms with Crippen LogP contribution in [0.5, 0.6) is 0 Å². The number of benzene rings is 1. The van der Waals surface area contributed by atoms with E-state index in [1.807, 2.05) is 25.1 Å². The molecule has 1 unspecified atom stereocenters. The molecule has 1 fully saturated rings. The number of aryl methyl sites for hydroxylation is 1. The molecule has 104 valence electrons. The number of hydrogen-bond acceptors (Lipinski definition) is 3. The van der Waals surface area contributed by atoms with E-state index in [-0.39, 0.29) is 5.91 Å². The number of thiol groups is 1. The van der Waals surface area contributed by atoms with Crippen LogP contribution >= 0.6 is 12.6 Å². The summed E-state index contributed by atoms with van der Waals surface area (Å²) in [6, 6.07) is 6.17. The minimum Gasteiger partial charge on any atom is -0.350 e. The van der Waals surface area contributed by atoms with E-state index in [0.29, 0.717) is 6.04 Å². The van der Waals surface area contributed by atoms with Gasteiger partial charge in [0.15, 0.2) is 0 Å². The highest BCUT2D eigenvalue weighted by molar-refractivity contribution is 7.80. The van der Waals surface area contributed by atoms with Crippen molar-refractivity contribution in [2.45, 2.75) is 37.6 Å². The molecule has 1 heterocycles. The Morgan fingerprint density at radius 3 is 3.05 bits per heavy atom. The third-order valence-electron chi connectivity index (χ3n) is 3.87. The molecule has 4 heteroatoms. The Labute approximate surface area is 120 Å². The summed E-state index contributed by atoms with van der Waals surface area (Å²) in [6.07, 6.45) is 2.42. The number of nitrogens with one attached hydrogen (secondary N) is 1. The third kappa shape index (κ3) is 3.51. The minimum atomic E-state index is 0.0105. The van der Waals surface area contributed by atoms with Crippen LogP contribution in [-0.4, -0.2) is 36.5 Å². The van der Waals surface area contributed by atoms with Crippen LogP contribution in [0.4, 0.5) is 0 Å². The average molecular weight is 278 g/mol. The van der Waals surface area contributed by atoms with Crippen LogP contribution < -0.4 is 5.32 Å². The second kappa shape index (κ2) is 6.44. The van der Waals surface area contributed by atoms with Gasteiger partial charge in [-0.1, -0.05) is 13.0 Å². The van der Waals surface area contributed by atoms with Gasteiger partial charge in [-0.15, -0.1) is 12.6 Å². The van der Waals surface area contributed by atoms with Crippen molar-refractivity contribution in [2.24, 2.45) is 0 Å². The van der Waals surface area contributed by atoms with Crippen LogP contribution in [0, 0.1) is 6.92 Å². The summed E-state index contributed by atoms with van der Waals surface area (Å²) in [6.45, 7) is 7.08. The zero-order valence-corrected chi connectivity index (χ0v) is 12.5. The van der Waals surface area contributed by atoms with Crippen molar-refractivity contribution in [3.63, 3.8) is 0 Å². The van der Waals surface area contributed by atoms with E-state index in [2.05, 4.69) is 29.8 Å². The highest BCUT2D eigenvalue weighted by atomic mass is 32.1. The molecule has 2 rings (SSSR count). The molecule has 3 nitrogen and oxygen atoms in total. The van der Waals surface area contributed by atoms with Crippen LogP contribution in [0.2, 0.25) is 0 Å². The molecule has 0 aromatic heterocycles. The Hall–Kier alpha value is -1.00. The Balaban J connectivity index is 1.96. The number of carbonyl (C=O) groups excluding carboxylic acids is 1. The maximum absolute atomic E-state index is 12.2. The summed E-state index contributed by atoms with van der Waals surface area (Å²) >= 11 is 4.29. The maximum Gasteiger partial charge on any atom is 0.251 e. The first-order chi connectivity index (χ1) is 9.11. The standard InChI is InChI=1S/C15H22N2OS/c1-3-17-8-4-5-12(17)10-16-15(18)14-9-13(19)7-6-11(14)2/h6-7,9,12,19H,3-5,8,10H2,1-2H3,(H,16,18). The van der Waals surface area contributed by atoms with Crippen molar-refractivity contribution < 1.29 is 4.79 Å². The molecule has 0 spiro atoms. The average Bonchev–Trinajstić information content (AvgIpc) is 2.86. The number of likely N-dealkylation sites (N-methyl/N-ethyl adjacent to an activating group) is 1. The molecule has 0 aliphatic carbocycles. The van der Waals surface area contributed by atoms with Crippen LogP contribution in [0.1, 0.15) is 35.7 Å². The first-order valence-corrected chi connectivity index (χ1v) is 7.38. The van der Waals surface area contributed by atoms with Crippen molar-refractivity contribution in [1.29, 1.82) is 0 Å². The van der Waals surface area contributed by atoms with Crippen LogP contribution in [0.3, 0.4) is 0 Å². The van der Waals surface area contributed by atoms with Gasteiger partial charge in [-0.25, -0.2) is 0 Å². The Morgan fingerprint density at radius 1 is 1.53 bits per heavy atom. The monoisotopic (exact) mass is 278 g/mol. The van der Waals surface area contributed by atoms with Gasteiger partial charge in [0, 0.05) is 23.0 Å². The minimum absolute atomic E-state index is 0.0105. The SMILES string of the molecule is CCN1CCCC1CNC(=O)c1cc(S)ccc1C. The van der Waals surface area contributed by atoms with Crippen molar-refractivity contribution >= 4 is 18.5 Å². The van der Waals surface area contributed by atoms with Gasteiger partial charge in [0.25, 0.3) is 5.91 Å². The van der Waals surface area contributed by atoms with Gasteiger partial charge < -0.3 is 5.32 Å². The van der Waals surface area contributed by atoms with E-state index in [1.54, 1.807) is 0 Å². The van der Waals surface area contributed by atoms with E-state index in [1.165, 1.54) is 12.8 Å². The van der Waals surface area contributed by atoms with Crippen LogP contribution in [0.25, 0.3) is 0 Å². The van der Waals surface area contributed by atoms with Gasteiger partial charge in [0.2, 0.25) is 0 Å². The molecule has 0 bridgehead atoms. The van der Waals surface area contributed by atoms with Gasteiger partial charge in [0.05, 0.1) is 0 Å². The van der Waals surface area contributed by atoms with Crippen LogP contribution in [0.15, 0.2) is 23.1 Å². The van der Waals surface area contributed by atoms with E-state index in [0.717, 1.165) is 35.7 Å². The van der Waals surface area contributed by atoms with Crippen molar-refractivity contribution in [2.75, 3.05) is 19.6 Å². The van der Waals surface area contributed by atoms with Gasteiger partial charge >= 0.3 is 0 Å². The first-order valence-electron chi connectivity index (χ1n) is 6.93. The second-order valence-corrected chi connectivity index (χ2v) is 5.65. The predicted octanol–water partition coefficient (Wildman–Crippen LogP) is 2.50. The van der Waals surface area contributed by atoms with Gasteiger partial charge in [-0.05, 0) is 50.6 Å². The van der Waals surface area contributed by atoms with Gasteiger partial charge in [0.1, 0.15) is 0 Å². The molecule has 19 heavy (non-hydrogen) atoms. The number of amides is 1. The molecular formula is C15H22N2OS. The van der Waals surface area contributed by atoms with Gasteiger partial charge in [-0.2, -0.15) is 0 Å². The summed E-state index contributed by atoms with van der Waals surface area (Å²) in [7, 11) is 0. The highest BCUT2D eigenvalue weighted by Gasteiger charge is 2.23. The lowest BCUT2D eigenvalue weighted by atomic mass is 10.1. The first kappa shape index (κ1) is 14.4. The zero-order chi connectivity index (χ0) is 13.8. The molecule has 1 aliphatic heterocycles. The molecule has 1 amide bonds. The lowest BCUT2D eigenvalue weighted by molar-refractivity contribution is 0.0940. The quantitative estimate of drug-likeness (QED) is 0.830. The number of likely N-dealkylation sites (tertiary alicyclic amines) is 1. The molecule has 1 N–H and O–H groups in total. The number of carbonyl (C=O) groups is 1. The smallest absolute Gasteiger partial charge is 0.251 e. The van der Waals surface area contributed by atoms with Crippen molar-refractivity contribution in [3.05, 3.63) is 29.3 Å². The van der Waals surface area contributed by atoms with Crippen molar-refractivity contribution in [1.82, 2.24) is 10.2 Å². The molecule has 1 aromatic carbocycles. The maximum atomic E-state index is 12.2. The van der Waals surface area contributed by atoms with E-state index in [4.69, 9.17) is 0 Å². The lowest BCUT2D eigenvalue weighted by Gasteiger charge is -2.23. The Kier molecular flexibility index (Phi) is 4.88. The fraction of sp³-hybridized carbons (Fsp3) is 0.533.